The number of oxime groups is 1. The number of hydrazone groups is 1. The van der Waals surface area contributed by atoms with Gasteiger partial charge in [-0.15, -0.1) is 0 Å². The highest BCUT2D eigenvalue weighted by Gasteiger charge is 2.16. The summed E-state index contributed by atoms with van der Waals surface area (Å²) in [6, 6.07) is 9.75. The van der Waals surface area contributed by atoms with Crippen molar-refractivity contribution in [2.75, 3.05) is 6.54 Å². The van der Waals surface area contributed by atoms with E-state index < -0.39 is 0 Å². The standard InChI is InChI=1S/C19H22N4O2/c1-13(2)16-9-14(3)10-17(11-16)25-18-6-5-15(12-20-18)19(22-24)23-8-4-7-21-23/h5-7,9-13,24H,4,8H2,1-3H3/b22-19-. The molecule has 1 aliphatic heterocycles. The van der Waals surface area contributed by atoms with Gasteiger partial charge in [0.05, 0.1) is 0 Å². The normalized spacial score (nSPS) is 14.4. The Morgan fingerprint density at radius 3 is 2.72 bits per heavy atom. The third kappa shape index (κ3) is 3.96. The van der Waals surface area contributed by atoms with Gasteiger partial charge in [-0.3, -0.25) is 0 Å². The van der Waals surface area contributed by atoms with Gasteiger partial charge in [-0.05, 0) is 42.2 Å². The van der Waals surface area contributed by atoms with Gasteiger partial charge < -0.3 is 9.94 Å². The van der Waals surface area contributed by atoms with Crippen molar-refractivity contribution in [3.63, 3.8) is 0 Å². The Hall–Kier alpha value is -2.89. The van der Waals surface area contributed by atoms with Crippen molar-refractivity contribution in [2.45, 2.75) is 33.1 Å². The topological polar surface area (TPSA) is 70.3 Å². The summed E-state index contributed by atoms with van der Waals surface area (Å²) < 4.78 is 5.89. The summed E-state index contributed by atoms with van der Waals surface area (Å²) in [6.45, 7) is 7.05. The van der Waals surface area contributed by atoms with E-state index >= 15 is 0 Å². The predicted octanol–water partition coefficient (Wildman–Crippen LogP) is 4.13. The molecule has 2 heterocycles. The minimum atomic E-state index is 0.380. The Morgan fingerprint density at radius 2 is 2.12 bits per heavy atom. The molecule has 0 saturated carbocycles. The first-order chi connectivity index (χ1) is 12.1. The number of hydrogen-bond acceptors (Lipinski definition) is 5. The van der Waals surface area contributed by atoms with Gasteiger partial charge in [0.25, 0.3) is 0 Å². The van der Waals surface area contributed by atoms with E-state index in [-0.39, 0.29) is 0 Å². The van der Waals surface area contributed by atoms with E-state index in [0.717, 1.165) is 17.7 Å². The summed E-state index contributed by atoms with van der Waals surface area (Å²) in [5, 5.41) is 18.4. The Balaban J connectivity index is 1.78. The maximum absolute atomic E-state index is 9.27. The van der Waals surface area contributed by atoms with Crippen molar-refractivity contribution in [2.24, 2.45) is 10.3 Å². The lowest BCUT2D eigenvalue weighted by molar-refractivity contribution is 0.305. The molecule has 0 unspecified atom stereocenters. The van der Waals surface area contributed by atoms with Crippen LogP contribution in [0.3, 0.4) is 0 Å². The summed E-state index contributed by atoms with van der Waals surface area (Å²) in [5.74, 6) is 2.07. The molecule has 0 aliphatic carbocycles. The summed E-state index contributed by atoms with van der Waals surface area (Å²) in [4.78, 5) is 4.33. The third-order valence-corrected chi connectivity index (χ3v) is 3.99. The van der Waals surface area contributed by atoms with Crippen molar-refractivity contribution in [3.05, 3.63) is 53.2 Å². The van der Waals surface area contributed by atoms with Crippen LogP contribution >= 0.6 is 0 Å². The average molecular weight is 338 g/mol. The second kappa shape index (κ2) is 7.34. The quantitative estimate of drug-likeness (QED) is 0.394. The SMILES string of the molecule is Cc1cc(Oc2ccc(/C(=N/O)N3CCC=N3)cn2)cc(C(C)C)c1. The first kappa shape index (κ1) is 17.0. The van der Waals surface area contributed by atoms with E-state index in [0.29, 0.717) is 29.7 Å². The maximum Gasteiger partial charge on any atom is 0.219 e. The molecule has 130 valence electrons. The first-order valence-electron chi connectivity index (χ1n) is 8.34. The highest BCUT2D eigenvalue weighted by Crippen LogP contribution is 2.26. The summed E-state index contributed by atoms with van der Waals surface area (Å²) in [6.07, 6.45) is 4.25. The molecule has 1 aromatic heterocycles. The molecule has 0 bridgehead atoms. The number of ether oxygens (including phenoxy) is 1. The molecule has 2 aromatic rings. The number of pyridine rings is 1. The smallest absolute Gasteiger partial charge is 0.219 e. The summed E-state index contributed by atoms with van der Waals surface area (Å²) >= 11 is 0. The fourth-order valence-electron chi connectivity index (χ4n) is 2.68. The van der Waals surface area contributed by atoms with Gasteiger partial charge in [-0.25, -0.2) is 9.99 Å². The number of aryl methyl sites for hydroxylation is 1. The predicted molar refractivity (Wildman–Crippen MR) is 97.7 cm³/mol. The molecule has 0 amide bonds. The maximum atomic E-state index is 9.27. The number of rotatable bonds is 4. The minimum Gasteiger partial charge on any atom is -0.439 e. The molecule has 25 heavy (non-hydrogen) atoms. The van der Waals surface area contributed by atoms with Crippen LogP contribution in [0.1, 0.15) is 42.9 Å². The summed E-state index contributed by atoms with van der Waals surface area (Å²) in [7, 11) is 0. The number of hydrogen-bond donors (Lipinski definition) is 1. The van der Waals surface area contributed by atoms with Crippen molar-refractivity contribution in [1.29, 1.82) is 0 Å². The molecule has 1 N–H and O–H groups in total. The van der Waals surface area contributed by atoms with Crippen molar-refractivity contribution < 1.29 is 9.94 Å². The first-order valence-corrected chi connectivity index (χ1v) is 8.34. The molecule has 3 rings (SSSR count). The van der Waals surface area contributed by atoms with E-state index in [1.807, 2.05) is 18.2 Å². The number of benzene rings is 1. The van der Waals surface area contributed by atoms with Crippen LogP contribution in [-0.2, 0) is 0 Å². The van der Waals surface area contributed by atoms with Crippen molar-refractivity contribution in [1.82, 2.24) is 9.99 Å². The van der Waals surface area contributed by atoms with E-state index in [1.165, 1.54) is 5.56 Å². The number of nitrogens with zero attached hydrogens (tertiary/aromatic N) is 4. The molecule has 0 atom stereocenters. The van der Waals surface area contributed by atoms with Crippen LogP contribution in [0.4, 0.5) is 0 Å². The van der Waals surface area contributed by atoms with E-state index in [9.17, 15) is 5.21 Å². The van der Waals surface area contributed by atoms with Gasteiger partial charge in [0, 0.05) is 37.0 Å². The molecule has 0 spiro atoms. The minimum absolute atomic E-state index is 0.380. The van der Waals surface area contributed by atoms with Gasteiger partial charge in [-0.1, -0.05) is 25.1 Å². The van der Waals surface area contributed by atoms with Gasteiger partial charge in [0.2, 0.25) is 5.88 Å². The lowest BCUT2D eigenvalue weighted by Crippen LogP contribution is -2.24. The van der Waals surface area contributed by atoms with E-state index in [1.54, 1.807) is 23.5 Å². The van der Waals surface area contributed by atoms with Crippen LogP contribution in [0.15, 0.2) is 46.8 Å². The van der Waals surface area contributed by atoms with E-state index in [4.69, 9.17) is 4.74 Å². The zero-order valence-corrected chi connectivity index (χ0v) is 14.7. The van der Waals surface area contributed by atoms with Gasteiger partial charge in [0.1, 0.15) is 5.75 Å². The van der Waals surface area contributed by atoms with Crippen LogP contribution in [0.2, 0.25) is 0 Å². The Morgan fingerprint density at radius 1 is 1.28 bits per heavy atom. The molecular formula is C19H22N4O2. The molecule has 0 radical (unpaired) electrons. The van der Waals surface area contributed by atoms with Gasteiger partial charge >= 0.3 is 0 Å². The largest absolute Gasteiger partial charge is 0.439 e. The lowest BCUT2D eigenvalue weighted by Gasteiger charge is -2.15. The van der Waals surface area contributed by atoms with E-state index in [2.05, 4.69) is 42.1 Å². The Kier molecular flexibility index (Phi) is 4.97. The van der Waals surface area contributed by atoms with Crippen LogP contribution in [0, 0.1) is 6.92 Å². The molecular weight excluding hydrogens is 316 g/mol. The van der Waals surface area contributed by atoms with Crippen LogP contribution in [-0.4, -0.2) is 33.8 Å². The monoisotopic (exact) mass is 338 g/mol. The van der Waals surface area contributed by atoms with Crippen LogP contribution < -0.4 is 4.74 Å². The molecule has 6 heteroatoms. The highest BCUT2D eigenvalue weighted by molar-refractivity contribution is 5.98. The molecule has 6 nitrogen and oxygen atoms in total. The molecule has 1 aromatic carbocycles. The Labute approximate surface area is 147 Å². The van der Waals surface area contributed by atoms with Crippen molar-refractivity contribution >= 4 is 12.1 Å². The second-order valence-corrected chi connectivity index (χ2v) is 6.35. The fourth-order valence-corrected chi connectivity index (χ4v) is 2.68. The number of aromatic nitrogens is 1. The van der Waals surface area contributed by atoms with Crippen LogP contribution in [0.25, 0.3) is 0 Å². The Bertz CT molecular complexity index is 798. The molecule has 0 fully saturated rings. The fraction of sp³-hybridized carbons (Fsp3) is 0.316. The number of amidine groups is 1. The van der Waals surface area contributed by atoms with Crippen molar-refractivity contribution in [3.8, 4) is 11.6 Å². The zero-order valence-electron chi connectivity index (χ0n) is 14.7. The molecule has 1 aliphatic rings. The highest BCUT2D eigenvalue weighted by atomic mass is 16.5. The van der Waals surface area contributed by atoms with Gasteiger partial charge in [-0.2, -0.15) is 5.10 Å². The zero-order chi connectivity index (χ0) is 17.8. The summed E-state index contributed by atoms with van der Waals surface area (Å²) in [5.41, 5.74) is 3.06. The molecule has 0 saturated heterocycles. The lowest BCUT2D eigenvalue weighted by atomic mass is 10.0. The second-order valence-electron chi connectivity index (χ2n) is 6.35. The van der Waals surface area contributed by atoms with Crippen LogP contribution in [0.5, 0.6) is 11.6 Å². The van der Waals surface area contributed by atoms with Gasteiger partial charge in [0.15, 0.2) is 5.84 Å². The third-order valence-electron chi connectivity index (χ3n) is 3.99. The average Bonchev–Trinajstić information content (AvgIpc) is 3.11.